The zero-order chi connectivity index (χ0) is 19.5. The average molecular weight is 390 g/mol. The Hall–Kier alpha value is -3.32. The maximum Gasteiger partial charge on any atom is 0.258 e. The summed E-state index contributed by atoms with van der Waals surface area (Å²) in [6.07, 6.45) is 3.24. The number of amides is 1. The summed E-state index contributed by atoms with van der Waals surface area (Å²) in [6.45, 7) is 2.63. The number of carbonyl (C=O) groups is 1. The fourth-order valence-electron chi connectivity index (χ4n) is 2.95. The van der Waals surface area contributed by atoms with Crippen molar-refractivity contribution in [3.05, 3.63) is 75.8 Å². The third-order valence-corrected chi connectivity index (χ3v) is 5.38. The first-order valence-corrected chi connectivity index (χ1v) is 9.76. The molecule has 0 bridgehead atoms. The highest BCUT2D eigenvalue weighted by Crippen LogP contribution is 2.22. The summed E-state index contributed by atoms with van der Waals surface area (Å²) in [5.41, 5.74) is 1.34. The summed E-state index contributed by atoms with van der Waals surface area (Å²) < 4.78 is 1.08. The molecule has 1 N–H and O–H groups in total. The van der Waals surface area contributed by atoms with Crippen molar-refractivity contribution in [2.75, 3.05) is 6.54 Å². The molecule has 2 heterocycles. The van der Waals surface area contributed by atoms with Gasteiger partial charge in [-0.2, -0.15) is 0 Å². The van der Waals surface area contributed by atoms with E-state index in [0.717, 1.165) is 15.2 Å². The number of benzene rings is 2. The molecule has 0 saturated carbocycles. The van der Waals surface area contributed by atoms with Crippen LogP contribution in [0.3, 0.4) is 0 Å². The Morgan fingerprint density at radius 3 is 2.64 bits per heavy atom. The summed E-state index contributed by atoms with van der Waals surface area (Å²) in [7, 11) is 0. The van der Waals surface area contributed by atoms with Crippen LogP contribution in [-0.4, -0.2) is 32.3 Å². The van der Waals surface area contributed by atoms with Crippen molar-refractivity contribution in [1.29, 1.82) is 0 Å². The van der Waals surface area contributed by atoms with Gasteiger partial charge in [0.25, 0.3) is 5.56 Å². The number of H-pyrrole nitrogens is 1. The van der Waals surface area contributed by atoms with Crippen LogP contribution in [0.15, 0.2) is 59.4 Å². The number of thiazole rings is 1. The van der Waals surface area contributed by atoms with E-state index in [9.17, 15) is 9.59 Å². The summed E-state index contributed by atoms with van der Waals surface area (Å²) in [5, 5.41) is 1.32. The van der Waals surface area contributed by atoms with Crippen molar-refractivity contribution in [1.82, 2.24) is 19.9 Å². The summed E-state index contributed by atoms with van der Waals surface area (Å²) in [5.74, 6) is 0.310. The van der Waals surface area contributed by atoms with E-state index in [1.165, 1.54) is 17.4 Å². The first-order chi connectivity index (χ1) is 13.6. The molecule has 2 aromatic heterocycles. The highest BCUT2D eigenvalue weighted by molar-refractivity contribution is 7.19. The average Bonchev–Trinajstić information content (AvgIpc) is 3.13. The van der Waals surface area contributed by atoms with Gasteiger partial charge in [0.1, 0.15) is 10.8 Å². The van der Waals surface area contributed by atoms with Crippen LogP contribution in [0.1, 0.15) is 17.8 Å². The highest BCUT2D eigenvalue weighted by Gasteiger charge is 2.12. The second kappa shape index (κ2) is 7.74. The van der Waals surface area contributed by atoms with Gasteiger partial charge in [0.15, 0.2) is 0 Å². The van der Waals surface area contributed by atoms with Crippen LogP contribution < -0.4 is 5.56 Å². The maximum absolute atomic E-state index is 12.6. The molecule has 6 nitrogen and oxygen atoms in total. The molecule has 0 unspecified atom stereocenters. The van der Waals surface area contributed by atoms with Crippen LogP contribution in [0.25, 0.3) is 27.2 Å². The molecule has 4 aromatic rings. The molecule has 0 aliphatic heterocycles. The zero-order valence-electron chi connectivity index (χ0n) is 15.3. The molecule has 0 atom stereocenters. The van der Waals surface area contributed by atoms with Crippen molar-refractivity contribution in [3.8, 4) is 0 Å². The predicted molar refractivity (Wildman–Crippen MR) is 112 cm³/mol. The minimum Gasteiger partial charge on any atom is -0.332 e. The number of likely N-dealkylation sites (N-methyl/N-ethyl adjacent to an activating group) is 1. The Bertz CT molecular complexity index is 1210. The molecule has 0 radical (unpaired) electrons. The molecule has 0 fully saturated rings. The molecule has 1 amide bonds. The van der Waals surface area contributed by atoms with E-state index in [1.54, 1.807) is 29.2 Å². The van der Waals surface area contributed by atoms with Crippen molar-refractivity contribution in [2.24, 2.45) is 0 Å². The van der Waals surface area contributed by atoms with E-state index >= 15 is 0 Å². The van der Waals surface area contributed by atoms with Gasteiger partial charge in [0.05, 0.1) is 27.7 Å². The summed E-state index contributed by atoms with van der Waals surface area (Å²) in [6, 6.07) is 15.0. The third kappa shape index (κ3) is 3.70. The fourth-order valence-corrected chi connectivity index (χ4v) is 3.82. The Labute approximate surface area is 165 Å². The topological polar surface area (TPSA) is 79.0 Å². The Kier molecular flexibility index (Phi) is 4.99. The lowest BCUT2D eigenvalue weighted by atomic mass is 10.2. The van der Waals surface area contributed by atoms with Crippen LogP contribution in [0.4, 0.5) is 0 Å². The van der Waals surface area contributed by atoms with Crippen LogP contribution >= 0.6 is 11.3 Å². The minimum atomic E-state index is -0.200. The van der Waals surface area contributed by atoms with Gasteiger partial charge in [0.2, 0.25) is 5.91 Å². The van der Waals surface area contributed by atoms with E-state index in [4.69, 9.17) is 0 Å². The van der Waals surface area contributed by atoms with Crippen molar-refractivity contribution < 1.29 is 4.79 Å². The van der Waals surface area contributed by atoms with Crippen molar-refractivity contribution >= 4 is 44.4 Å². The van der Waals surface area contributed by atoms with Gasteiger partial charge in [-0.25, -0.2) is 9.97 Å². The van der Waals surface area contributed by atoms with Gasteiger partial charge in [-0.1, -0.05) is 24.3 Å². The van der Waals surface area contributed by atoms with Gasteiger partial charge in [-0.15, -0.1) is 11.3 Å². The second-order valence-corrected chi connectivity index (χ2v) is 7.30. The number of rotatable bonds is 5. The second-order valence-electron chi connectivity index (χ2n) is 6.24. The van der Waals surface area contributed by atoms with E-state index in [2.05, 4.69) is 15.0 Å². The molecule has 0 spiro atoms. The molecule has 4 rings (SSSR count). The van der Waals surface area contributed by atoms with E-state index in [1.807, 2.05) is 37.3 Å². The van der Waals surface area contributed by atoms with Crippen LogP contribution in [0.2, 0.25) is 0 Å². The Morgan fingerprint density at radius 2 is 1.86 bits per heavy atom. The minimum absolute atomic E-state index is 0.155. The lowest BCUT2D eigenvalue weighted by molar-refractivity contribution is -0.126. The van der Waals surface area contributed by atoms with Gasteiger partial charge < -0.3 is 9.88 Å². The number of fused-ring (bicyclic) bond motifs is 2. The number of nitrogens with one attached hydrogen (secondary N) is 1. The lowest BCUT2D eigenvalue weighted by Gasteiger charge is -2.18. The standard InChI is InChI=1S/C21H18N4O2S/c1-2-25(13-18-22-15-8-4-3-7-14(15)21(27)24-18)20(26)12-11-19-23-16-9-5-6-10-17(16)28-19/h3-12H,2,13H2,1H3,(H,22,24,27)/b12-11+. The smallest absolute Gasteiger partial charge is 0.258 e. The normalized spacial score (nSPS) is 11.5. The molecule has 0 aliphatic carbocycles. The van der Waals surface area contributed by atoms with Crippen LogP contribution in [0, 0.1) is 0 Å². The van der Waals surface area contributed by atoms with Crippen LogP contribution in [-0.2, 0) is 11.3 Å². The first kappa shape index (κ1) is 18.1. The Morgan fingerprint density at radius 1 is 1.11 bits per heavy atom. The van der Waals surface area contributed by atoms with E-state index in [-0.39, 0.29) is 18.0 Å². The third-order valence-electron chi connectivity index (χ3n) is 4.37. The number of hydrogen-bond acceptors (Lipinski definition) is 5. The Balaban J connectivity index is 1.53. The molecule has 0 aliphatic rings. The van der Waals surface area contributed by atoms with Gasteiger partial charge in [0, 0.05) is 12.6 Å². The van der Waals surface area contributed by atoms with Crippen molar-refractivity contribution in [3.63, 3.8) is 0 Å². The predicted octanol–water partition coefficient (Wildman–Crippen LogP) is 3.59. The number of hydrogen-bond donors (Lipinski definition) is 1. The first-order valence-electron chi connectivity index (χ1n) is 8.94. The number of para-hydroxylation sites is 2. The highest BCUT2D eigenvalue weighted by atomic mass is 32.1. The van der Waals surface area contributed by atoms with Crippen molar-refractivity contribution in [2.45, 2.75) is 13.5 Å². The van der Waals surface area contributed by atoms with E-state index < -0.39 is 0 Å². The van der Waals surface area contributed by atoms with Gasteiger partial charge >= 0.3 is 0 Å². The molecular weight excluding hydrogens is 372 g/mol. The van der Waals surface area contributed by atoms with Gasteiger partial charge in [-0.3, -0.25) is 9.59 Å². The quantitative estimate of drug-likeness (QED) is 0.528. The van der Waals surface area contributed by atoms with E-state index in [0.29, 0.717) is 23.3 Å². The van der Waals surface area contributed by atoms with Crippen LogP contribution in [0.5, 0.6) is 0 Å². The monoisotopic (exact) mass is 390 g/mol. The summed E-state index contributed by atoms with van der Waals surface area (Å²) in [4.78, 5) is 38.2. The molecular formula is C21H18N4O2S. The number of carbonyl (C=O) groups excluding carboxylic acids is 1. The largest absolute Gasteiger partial charge is 0.332 e. The van der Waals surface area contributed by atoms with Gasteiger partial charge in [-0.05, 0) is 37.3 Å². The zero-order valence-corrected chi connectivity index (χ0v) is 16.1. The molecule has 140 valence electrons. The SMILES string of the molecule is CCN(Cc1nc2ccccc2c(=O)[nH]1)C(=O)/C=C/c1nc2ccccc2s1. The molecule has 2 aromatic carbocycles. The molecule has 0 saturated heterocycles. The molecule has 28 heavy (non-hydrogen) atoms. The summed E-state index contributed by atoms with van der Waals surface area (Å²) >= 11 is 1.54. The number of aromatic amines is 1. The fraction of sp³-hybridized carbons (Fsp3) is 0.143. The number of nitrogens with zero attached hydrogens (tertiary/aromatic N) is 3. The lowest BCUT2D eigenvalue weighted by Crippen LogP contribution is -2.30. The molecule has 7 heteroatoms. The maximum atomic E-state index is 12.6. The number of aromatic nitrogens is 3.